The Morgan fingerprint density at radius 1 is 1.24 bits per heavy atom. The average Bonchev–Trinajstić information content (AvgIpc) is 2.56. The number of allylic oxidation sites excluding steroid dienone is 2. The lowest BCUT2D eigenvalue weighted by Gasteiger charge is -2.17. The Labute approximate surface area is 149 Å². The second-order valence-electron chi connectivity index (χ2n) is 6.04. The van der Waals surface area contributed by atoms with Crippen LogP contribution in [0.15, 0.2) is 29.1 Å². The molecule has 0 aliphatic rings. The average molecular weight is 347 g/mol. The van der Waals surface area contributed by atoms with Crippen molar-refractivity contribution in [2.75, 3.05) is 11.9 Å². The molecule has 0 radical (unpaired) electrons. The van der Waals surface area contributed by atoms with Crippen molar-refractivity contribution in [1.29, 1.82) is 0 Å². The van der Waals surface area contributed by atoms with Gasteiger partial charge in [0.2, 0.25) is 5.91 Å². The fourth-order valence-electron chi connectivity index (χ4n) is 2.52. The monoisotopic (exact) mass is 347 g/mol. The Morgan fingerprint density at radius 3 is 2.56 bits per heavy atom. The lowest BCUT2D eigenvalue weighted by Crippen LogP contribution is -2.41. The largest absolute Gasteiger partial charge is 0.320 e. The summed E-state index contributed by atoms with van der Waals surface area (Å²) in [6, 6.07) is 2.95. The zero-order valence-corrected chi connectivity index (χ0v) is 15.6. The van der Waals surface area contributed by atoms with E-state index in [4.69, 9.17) is 0 Å². The summed E-state index contributed by atoms with van der Waals surface area (Å²) in [5.41, 5.74) is 0.527. The van der Waals surface area contributed by atoms with E-state index in [-0.39, 0.29) is 35.5 Å². The maximum absolute atomic E-state index is 12.5. The molecule has 1 heterocycles. The van der Waals surface area contributed by atoms with E-state index in [0.717, 1.165) is 12.8 Å². The Kier molecular flexibility index (Phi) is 8.84. The molecule has 0 fully saturated rings. The molecule has 2 N–H and O–H groups in total. The number of rotatable bonds is 10. The van der Waals surface area contributed by atoms with Gasteiger partial charge in [-0.2, -0.15) is 0 Å². The maximum Gasteiger partial charge on any atom is 0.274 e. The number of amides is 1. The van der Waals surface area contributed by atoms with E-state index in [0.29, 0.717) is 18.7 Å². The molecule has 1 atom stereocenters. The number of nitrogens with one attached hydrogen (secondary N) is 2. The minimum Gasteiger partial charge on any atom is -0.320 e. The van der Waals surface area contributed by atoms with Gasteiger partial charge in [-0.15, -0.1) is 0 Å². The highest BCUT2D eigenvalue weighted by Gasteiger charge is 2.18. The minimum atomic E-state index is -0.367. The number of carbonyl (C=O) groups is 2. The predicted molar refractivity (Wildman–Crippen MR) is 101 cm³/mol. The van der Waals surface area contributed by atoms with E-state index in [1.165, 1.54) is 11.5 Å². The third-order valence-corrected chi connectivity index (χ3v) is 3.82. The molecule has 0 spiro atoms. The van der Waals surface area contributed by atoms with Crippen LogP contribution < -0.4 is 16.2 Å². The molecule has 0 aromatic carbocycles. The number of anilines is 1. The first-order chi connectivity index (χ1) is 11.9. The van der Waals surface area contributed by atoms with Crippen molar-refractivity contribution in [2.24, 2.45) is 0 Å². The first-order valence-electron chi connectivity index (χ1n) is 8.79. The number of hydrogen-bond acceptors (Lipinski definition) is 4. The summed E-state index contributed by atoms with van der Waals surface area (Å²) in [6.45, 7) is 7.87. The molecule has 1 aromatic heterocycles. The standard InChI is InChI=1S/C19H29N3O3/c1-5-7-8-9-10-16(20-6-2)18(24)21-17-12-11-14(3)22(19(17)25)13-15(4)23/h7-8,11-12,16,20H,5-6,9-10,13H2,1-4H3,(H,21,24)/b8-7+/t16-/m0/s1. The van der Waals surface area contributed by atoms with Crippen molar-refractivity contribution < 1.29 is 9.59 Å². The molecule has 25 heavy (non-hydrogen) atoms. The van der Waals surface area contributed by atoms with Gasteiger partial charge in [0, 0.05) is 5.69 Å². The van der Waals surface area contributed by atoms with Crippen LogP contribution in [0, 0.1) is 6.92 Å². The zero-order chi connectivity index (χ0) is 18.8. The molecule has 0 aliphatic heterocycles. The number of aromatic nitrogens is 1. The van der Waals surface area contributed by atoms with Gasteiger partial charge in [-0.05, 0) is 51.8 Å². The van der Waals surface area contributed by atoms with Gasteiger partial charge in [0.1, 0.15) is 11.5 Å². The number of carbonyl (C=O) groups excluding carboxylic acids is 2. The number of aryl methyl sites for hydroxylation is 1. The van der Waals surface area contributed by atoms with E-state index >= 15 is 0 Å². The molecule has 1 aromatic rings. The van der Waals surface area contributed by atoms with Gasteiger partial charge in [0.25, 0.3) is 5.56 Å². The van der Waals surface area contributed by atoms with Crippen molar-refractivity contribution in [3.8, 4) is 0 Å². The van der Waals surface area contributed by atoms with Crippen LogP contribution in [0.25, 0.3) is 0 Å². The fourth-order valence-corrected chi connectivity index (χ4v) is 2.52. The molecule has 1 rings (SSSR count). The number of likely N-dealkylation sites (N-methyl/N-ethyl adjacent to an activating group) is 1. The van der Waals surface area contributed by atoms with E-state index in [1.54, 1.807) is 19.1 Å². The van der Waals surface area contributed by atoms with Gasteiger partial charge in [-0.1, -0.05) is 26.0 Å². The van der Waals surface area contributed by atoms with E-state index in [2.05, 4.69) is 29.7 Å². The summed E-state index contributed by atoms with van der Waals surface area (Å²) in [6.07, 6.45) is 6.55. The zero-order valence-electron chi connectivity index (χ0n) is 15.6. The number of Topliss-reactive ketones (excluding diaryl/α,β-unsaturated/α-hetero) is 1. The Morgan fingerprint density at radius 2 is 1.96 bits per heavy atom. The van der Waals surface area contributed by atoms with Crippen LogP contribution in [-0.2, 0) is 16.1 Å². The summed E-state index contributed by atoms with van der Waals surface area (Å²) < 4.78 is 1.38. The summed E-state index contributed by atoms with van der Waals surface area (Å²) in [7, 11) is 0. The molecular weight excluding hydrogens is 318 g/mol. The second-order valence-corrected chi connectivity index (χ2v) is 6.04. The van der Waals surface area contributed by atoms with Gasteiger partial charge >= 0.3 is 0 Å². The van der Waals surface area contributed by atoms with Gasteiger partial charge in [0.15, 0.2) is 0 Å². The summed E-state index contributed by atoms with van der Waals surface area (Å²) in [5, 5.41) is 5.86. The minimum absolute atomic E-state index is 0.00677. The van der Waals surface area contributed by atoms with Gasteiger partial charge in [-0.3, -0.25) is 14.4 Å². The van der Waals surface area contributed by atoms with Crippen molar-refractivity contribution in [2.45, 2.75) is 59.5 Å². The molecule has 6 nitrogen and oxygen atoms in total. The Balaban J connectivity index is 2.90. The van der Waals surface area contributed by atoms with Crippen molar-refractivity contribution >= 4 is 17.4 Å². The van der Waals surface area contributed by atoms with Crippen LogP contribution in [0.5, 0.6) is 0 Å². The van der Waals surface area contributed by atoms with Crippen molar-refractivity contribution in [3.63, 3.8) is 0 Å². The number of pyridine rings is 1. The van der Waals surface area contributed by atoms with E-state index in [9.17, 15) is 14.4 Å². The van der Waals surface area contributed by atoms with Crippen LogP contribution >= 0.6 is 0 Å². The van der Waals surface area contributed by atoms with Gasteiger partial charge < -0.3 is 15.2 Å². The lowest BCUT2D eigenvalue weighted by atomic mass is 10.1. The molecule has 138 valence electrons. The van der Waals surface area contributed by atoms with Gasteiger partial charge in [-0.25, -0.2) is 0 Å². The third kappa shape index (κ3) is 6.66. The van der Waals surface area contributed by atoms with E-state index in [1.807, 2.05) is 6.92 Å². The molecule has 0 bridgehead atoms. The lowest BCUT2D eigenvalue weighted by molar-refractivity contribution is -0.118. The van der Waals surface area contributed by atoms with E-state index < -0.39 is 0 Å². The Hall–Kier alpha value is -2.21. The topological polar surface area (TPSA) is 80.2 Å². The maximum atomic E-state index is 12.5. The van der Waals surface area contributed by atoms with Crippen LogP contribution in [0.2, 0.25) is 0 Å². The fraction of sp³-hybridized carbons (Fsp3) is 0.526. The number of ketones is 1. The summed E-state index contributed by atoms with van der Waals surface area (Å²) in [5.74, 6) is -0.344. The SMILES string of the molecule is CC/C=C/CC[C@H](NCC)C(=O)Nc1ccc(C)n(CC(C)=O)c1=O. The molecule has 0 aliphatic carbocycles. The van der Waals surface area contributed by atoms with Crippen LogP contribution in [0.4, 0.5) is 5.69 Å². The molecule has 6 heteroatoms. The quantitative estimate of drug-likeness (QED) is 0.637. The highest BCUT2D eigenvalue weighted by molar-refractivity contribution is 5.94. The summed E-state index contributed by atoms with van der Waals surface area (Å²) >= 11 is 0. The number of hydrogen-bond donors (Lipinski definition) is 2. The smallest absolute Gasteiger partial charge is 0.274 e. The molecule has 1 amide bonds. The molecule has 0 unspecified atom stereocenters. The summed E-state index contributed by atoms with van der Waals surface area (Å²) in [4.78, 5) is 36.4. The molecular formula is C19H29N3O3. The normalized spacial score (nSPS) is 12.3. The van der Waals surface area contributed by atoms with Crippen LogP contribution in [0.1, 0.15) is 45.7 Å². The van der Waals surface area contributed by atoms with Crippen LogP contribution in [0.3, 0.4) is 0 Å². The predicted octanol–water partition coefficient (Wildman–Crippen LogP) is 2.41. The molecule has 0 saturated carbocycles. The Bertz CT molecular complexity index is 677. The molecule has 0 saturated heterocycles. The second kappa shape index (κ2) is 10.6. The third-order valence-electron chi connectivity index (χ3n) is 3.82. The highest BCUT2D eigenvalue weighted by Crippen LogP contribution is 2.07. The van der Waals surface area contributed by atoms with Crippen LogP contribution in [-0.4, -0.2) is 28.8 Å². The first kappa shape index (κ1) is 20.8. The van der Waals surface area contributed by atoms with Crippen molar-refractivity contribution in [1.82, 2.24) is 9.88 Å². The highest BCUT2D eigenvalue weighted by atomic mass is 16.2. The van der Waals surface area contributed by atoms with Gasteiger partial charge in [0.05, 0.1) is 12.6 Å². The number of nitrogens with zero attached hydrogens (tertiary/aromatic N) is 1. The van der Waals surface area contributed by atoms with Crippen molar-refractivity contribution in [3.05, 3.63) is 40.3 Å². The first-order valence-corrected chi connectivity index (χ1v) is 8.79.